The normalized spacial score (nSPS) is 16.9. The van der Waals surface area contributed by atoms with Gasteiger partial charge in [0, 0.05) is 33.3 Å². The number of nitrogens with one attached hydrogen (secondary N) is 1. The van der Waals surface area contributed by atoms with E-state index < -0.39 is 0 Å². The van der Waals surface area contributed by atoms with Crippen molar-refractivity contribution < 1.29 is 9.53 Å². The lowest BCUT2D eigenvalue weighted by Gasteiger charge is -2.34. The molecule has 0 aromatic rings. The van der Waals surface area contributed by atoms with Crippen molar-refractivity contribution in [3.05, 3.63) is 0 Å². The molecule has 1 heterocycles. The number of likely N-dealkylation sites (tertiary alicyclic amines) is 1. The van der Waals surface area contributed by atoms with Gasteiger partial charge in [0.25, 0.3) is 0 Å². The standard InChI is InChI=1S/C15H31N3O2/c1-4-17(5-2)13-14-6-9-18(10-7-14)15(19)12-16-8-11-20-3/h14,16H,4-13H2,1-3H3. The van der Waals surface area contributed by atoms with Gasteiger partial charge in [-0.05, 0) is 31.8 Å². The first-order valence-corrected chi connectivity index (χ1v) is 7.91. The first-order chi connectivity index (χ1) is 9.71. The summed E-state index contributed by atoms with van der Waals surface area (Å²) in [5.74, 6) is 0.975. The van der Waals surface area contributed by atoms with Crippen molar-refractivity contribution in [1.82, 2.24) is 15.1 Å². The Hall–Kier alpha value is -0.650. The third-order valence-corrected chi connectivity index (χ3v) is 4.14. The van der Waals surface area contributed by atoms with E-state index >= 15 is 0 Å². The van der Waals surface area contributed by atoms with Gasteiger partial charge in [-0.1, -0.05) is 13.8 Å². The highest BCUT2D eigenvalue weighted by Crippen LogP contribution is 2.18. The molecule has 118 valence electrons. The Kier molecular flexibility index (Phi) is 8.82. The van der Waals surface area contributed by atoms with Crippen molar-refractivity contribution in [2.75, 3.05) is 59.5 Å². The van der Waals surface area contributed by atoms with Gasteiger partial charge in [0.2, 0.25) is 5.91 Å². The summed E-state index contributed by atoms with van der Waals surface area (Å²) >= 11 is 0. The number of rotatable bonds is 9. The highest BCUT2D eigenvalue weighted by atomic mass is 16.5. The van der Waals surface area contributed by atoms with E-state index in [1.54, 1.807) is 7.11 Å². The van der Waals surface area contributed by atoms with Crippen molar-refractivity contribution in [2.24, 2.45) is 5.92 Å². The maximum atomic E-state index is 12.0. The smallest absolute Gasteiger partial charge is 0.236 e. The van der Waals surface area contributed by atoms with Crippen LogP contribution in [0.3, 0.4) is 0 Å². The van der Waals surface area contributed by atoms with E-state index in [-0.39, 0.29) is 5.91 Å². The van der Waals surface area contributed by atoms with Crippen LogP contribution in [0.2, 0.25) is 0 Å². The van der Waals surface area contributed by atoms with Crippen LogP contribution in [0.5, 0.6) is 0 Å². The summed E-state index contributed by atoms with van der Waals surface area (Å²) in [5, 5.41) is 3.12. The second kappa shape index (κ2) is 10.1. The van der Waals surface area contributed by atoms with E-state index in [4.69, 9.17) is 4.74 Å². The fraction of sp³-hybridized carbons (Fsp3) is 0.933. The molecule has 20 heavy (non-hydrogen) atoms. The highest BCUT2D eigenvalue weighted by Gasteiger charge is 2.23. The van der Waals surface area contributed by atoms with E-state index in [1.165, 1.54) is 6.54 Å². The number of carbonyl (C=O) groups is 1. The molecule has 0 aromatic carbocycles. The van der Waals surface area contributed by atoms with Crippen LogP contribution in [0.4, 0.5) is 0 Å². The Morgan fingerprint density at radius 1 is 1.30 bits per heavy atom. The minimum absolute atomic E-state index is 0.224. The number of carbonyl (C=O) groups excluding carboxylic acids is 1. The molecule has 5 nitrogen and oxygen atoms in total. The summed E-state index contributed by atoms with van der Waals surface area (Å²) in [5.41, 5.74) is 0. The van der Waals surface area contributed by atoms with Crippen LogP contribution >= 0.6 is 0 Å². The summed E-state index contributed by atoms with van der Waals surface area (Å²) in [6.07, 6.45) is 2.28. The van der Waals surface area contributed by atoms with Crippen LogP contribution in [0.15, 0.2) is 0 Å². The number of piperidine rings is 1. The highest BCUT2D eigenvalue weighted by molar-refractivity contribution is 5.78. The van der Waals surface area contributed by atoms with Crippen LogP contribution in [-0.4, -0.2) is 75.2 Å². The minimum atomic E-state index is 0.224. The number of methoxy groups -OCH3 is 1. The predicted octanol–water partition coefficient (Wildman–Crippen LogP) is 0.803. The molecular formula is C15H31N3O2. The van der Waals surface area contributed by atoms with E-state index in [9.17, 15) is 4.79 Å². The summed E-state index contributed by atoms with van der Waals surface area (Å²) < 4.78 is 4.95. The summed E-state index contributed by atoms with van der Waals surface area (Å²) in [7, 11) is 1.67. The Morgan fingerprint density at radius 3 is 2.50 bits per heavy atom. The number of amides is 1. The fourth-order valence-corrected chi connectivity index (χ4v) is 2.69. The van der Waals surface area contributed by atoms with Crippen molar-refractivity contribution in [3.63, 3.8) is 0 Å². The molecule has 5 heteroatoms. The second-order valence-electron chi connectivity index (χ2n) is 5.48. The molecule has 1 rings (SSSR count). The van der Waals surface area contributed by atoms with Gasteiger partial charge < -0.3 is 19.9 Å². The van der Waals surface area contributed by atoms with Gasteiger partial charge in [-0.15, -0.1) is 0 Å². The Labute approximate surface area is 123 Å². The third-order valence-electron chi connectivity index (χ3n) is 4.14. The van der Waals surface area contributed by atoms with Crippen molar-refractivity contribution >= 4 is 5.91 Å². The lowest BCUT2D eigenvalue weighted by Crippen LogP contribution is -2.45. The molecule has 0 atom stereocenters. The van der Waals surface area contributed by atoms with Crippen molar-refractivity contribution in [1.29, 1.82) is 0 Å². The molecule has 0 unspecified atom stereocenters. The molecule has 0 saturated carbocycles. The maximum absolute atomic E-state index is 12.0. The Bertz CT molecular complexity index is 262. The zero-order chi connectivity index (χ0) is 14.8. The number of hydrogen-bond acceptors (Lipinski definition) is 4. The van der Waals surface area contributed by atoms with Gasteiger partial charge in [-0.2, -0.15) is 0 Å². The number of ether oxygens (including phenoxy) is 1. The summed E-state index contributed by atoms with van der Waals surface area (Å²) in [6, 6.07) is 0. The molecule has 1 saturated heterocycles. The quantitative estimate of drug-likeness (QED) is 0.637. The van der Waals surface area contributed by atoms with E-state index in [0.717, 1.165) is 51.5 Å². The minimum Gasteiger partial charge on any atom is -0.383 e. The van der Waals surface area contributed by atoms with Crippen molar-refractivity contribution in [3.8, 4) is 0 Å². The van der Waals surface area contributed by atoms with Gasteiger partial charge in [0.1, 0.15) is 0 Å². The molecule has 1 aliphatic rings. The van der Waals surface area contributed by atoms with Crippen LogP contribution in [0, 0.1) is 5.92 Å². The first-order valence-electron chi connectivity index (χ1n) is 7.91. The number of hydrogen-bond donors (Lipinski definition) is 1. The topological polar surface area (TPSA) is 44.8 Å². The average molecular weight is 285 g/mol. The zero-order valence-corrected chi connectivity index (χ0v) is 13.4. The largest absolute Gasteiger partial charge is 0.383 e. The van der Waals surface area contributed by atoms with Crippen molar-refractivity contribution in [2.45, 2.75) is 26.7 Å². The van der Waals surface area contributed by atoms with E-state index in [2.05, 4.69) is 24.1 Å². The molecule has 0 bridgehead atoms. The van der Waals surface area contributed by atoms with Gasteiger partial charge in [-0.3, -0.25) is 4.79 Å². The van der Waals surface area contributed by atoms with Gasteiger partial charge in [0.05, 0.1) is 13.2 Å². The number of nitrogens with zero attached hydrogens (tertiary/aromatic N) is 2. The summed E-state index contributed by atoms with van der Waals surface area (Å²) in [4.78, 5) is 16.5. The molecule has 1 fully saturated rings. The molecule has 0 spiro atoms. The molecular weight excluding hydrogens is 254 g/mol. The molecule has 1 amide bonds. The fourth-order valence-electron chi connectivity index (χ4n) is 2.69. The zero-order valence-electron chi connectivity index (χ0n) is 13.4. The van der Waals surface area contributed by atoms with E-state index in [1.807, 2.05) is 4.90 Å². The van der Waals surface area contributed by atoms with Crippen LogP contribution in [0.1, 0.15) is 26.7 Å². The van der Waals surface area contributed by atoms with Crippen LogP contribution in [0.25, 0.3) is 0 Å². The van der Waals surface area contributed by atoms with Gasteiger partial charge in [0.15, 0.2) is 0 Å². The van der Waals surface area contributed by atoms with Crippen LogP contribution < -0.4 is 5.32 Å². The third kappa shape index (κ3) is 6.20. The monoisotopic (exact) mass is 285 g/mol. The SMILES string of the molecule is CCN(CC)CC1CCN(C(=O)CNCCOC)CC1. The molecule has 0 radical (unpaired) electrons. The predicted molar refractivity (Wildman–Crippen MR) is 81.8 cm³/mol. The average Bonchev–Trinajstić information content (AvgIpc) is 2.49. The van der Waals surface area contributed by atoms with Gasteiger partial charge in [-0.25, -0.2) is 0 Å². The second-order valence-corrected chi connectivity index (χ2v) is 5.48. The summed E-state index contributed by atoms with van der Waals surface area (Å²) in [6.45, 7) is 11.5. The lowest BCUT2D eigenvalue weighted by molar-refractivity contribution is -0.131. The molecule has 1 N–H and O–H groups in total. The lowest BCUT2D eigenvalue weighted by atomic mass is 9.96. The Morgan fingerprint density at radius 2 is 1.95 bits per heavy atom. The van der Waals surface area contributed by atoms with Crippen LogP contribution in [-0.2, 0) is 9.53 Å². The van der Waals surface area contributed by atoms with Gasteiger partial charge >= 0.3 is 0 Å². The first kappa shape index (κ1) is 17.4. The van der Waals surface area contributed by atoms with E-state index in [0.29, 0.717) is 13.2 Å². The Balaban J connectivity index is 2.19. The maximum Gasteiger partial charge on any atom is 0.236 e. The molecule has 0 aromatic heterocycles. The molecule has 1 aliphatic heterocycles. The molecule has 0 aliphatic carbocycles.